The van der Waals surface area contributed by atoms with Crippen LogP contribution in [0.4, 0.5) is 19.1 Å². The number of alkyl halides is 3. The predicted octanol–water partition coefficient (Wildman–Crippen LogP) is 3.99. The average Bonchev–Trinajstić information content (AvgIpc) is 3.22. The number of halogens is 3. The lowest BCUT2D eigenvalue weighted by atomic mass is 9.98. The van der Waals surface area contributed by atoms with E-state index in [9.17, 15) is 13.2 Å². The van der Waals surface area contributed by atoms with Crippen molar-refractivity contribution in [1.82, 2.24) is 24.5 Å². The van der Waals surface area contributed by atoms with Crippen LogP contribution < -0.4 is 5.73 Å². The van der Waals surface area contributed by atoms with Gasteiger partial charge in [0.25, 0.3) is 0 Å². The second-order valence-electron chi connectivity index (χ2n) is 5.93. The molecule has 0 spiro atoms. The quantitative estimate of drug-likeness (QED) is 0.579. The normalized spacial score (nSPS) is 11.5. The minimum absolute atomic E-state index is 0.0180. The summed E-state index contributed by atoms with van der Waals surface area (Å²) in [5.74, 6) is 0.0293. The van der Waals surface area contributed by atoms with Crippen molar-refractivity contribution < 1.29 is 13.2 Å². The molecule has 3 heterocycles. The zero-order valence-electron chi connectivity index (χ0n) is 14.3. The second kappa shape index (κ2) is 6.76. The molecule has 0 radical (unpaired) electrons. The van der Waals surface area contributed by atoms with Crippen molar-refractivity contribution in [3.05, 3.63) is 73.2 Å². The largest absolute Gasteiger partial charge is 0.418 e. The first-order valence-electron chi connectivity index (χ1n) is 8.16. The van der Waals surface area contributed by atoms with E-state index in [1.165, 1.54) is 35.6 Å². The summed E-state index contributed by atoms with van der Waals surface area (Å²) < 4.78 is 42.5. The van der Waals surface area contributed by atoms with Crippen LogP contribution in [-0.4, -0.2) is 24.5 Å². The van der Waals surface area contributed by atoms with E-state index in [0.29, 0.717) is 22.4 Å². The molecule has 9 heteroatoms. The van der Waals surface area contributed by atoms with Crippen LogP contribution in [0.3, 0.4) is 0 Å². The first kappa shape index (κ1) is 17.7. The van der Waals surface area contributed by atoms with Crippen LogP contribution in [0.15, 0.2) is 67.6 Å². The maximum absolute atomic E-state index is 13.7. The van der Waals surface area contributed by atoms with Gasteiger partial charge in [0.05, 0.1) is 23.3 Å². The molecule has 140 valence electrons. The number of rotatable bonds is 3. The molecule has 0 aliphatic rings. The minimum atomic E-state index is -4.55. The third kappa shape index (κ3) is 3.29. The number of nitrogen functional groups attached to an aromatic ring is 1. The molecule has 0 fully saturated rings. The van der Waals surface area contributed by atoms with Gasteiger partial charge in [-0.25, -0.2) is 15.0 Å². The van der Waals surface area contributed by atoms with Crippen LogP contribution >= 0.6 is 0 Å². The fourth-order valence-electron chi connectivity index (χ4n) is 2.89. The van der Waals surface area contributed by atoms with Crippen LogP contribution in [0.25, 0.3) is 28.1 Å². The van der Waals surface area contributed by atoms with Crippen molar-refractivity contribution in [2.24, 2.45) is 0 Å². The number of benzene rings is 1. The number of hydrogen-bond donors (Lipinski definition) is 1. The Morgan fingerprint density at radius 2 is 1.71 bits per heavy atom. The standard InChI is InChI=1S/C19H13F3N6/c20-19(21,22)15-9-13(1-2-16(15)28-8-7-25-11-28)14-10-26-18(23)27-17(14)12-3-5-24-6-4-12/h1-11H,(H2,23,26,27). The predicted molar refractivity (Wildman–Crippen MR) is 97.2 cm³/mol. The van der Waals surface area contributed by atoms with Gasteiger partial charge < -0.3 is 10.3 Å². The lowest BCUT2D eigenvalue weighted by Gasteiger charge is -2.16. The number of nitrogens with two attached hydrogens (primary N) is 1. The third-order valence-electron chi connectivity index (χ3n) is 4.16. The molecule has 2 N–H and O–H groups in total. The molecule has 0 aliphatic carbocycles. The molecule has 0 saturated heterocycles. The second-order valence-corrected chi connectivity index (χ2v) is 5.93. The molecule has 1 aromatic carbocycles. The zero-order chi connectivity index (χ0) is 19.7. The average molecular weight is 382 g/mol. The van der Waals surface area contributed by atoms with Gasteiger partial charge >= 0.3 is 6.18 Å². The molecule has 0 saturated carbocycles. The molecule has 6 nitrogen and oxygen atoms in total. The Morgan fingerprint density at radius 1 is 0.929 bits per heavy atom. The zero-order valence-corrected chi connectivity index (χ0v) is 14.3. The van der Waals surface area contributed by atoms with Crippen LogP contribution in [0.5, 0.6) is 0 Å². The third-order valence-corrected chi connectivity index (χ3v) is 4.16. The Bertz CT molecular complexity index is 1110. The van der Waals surface area contributed by atoms with Crippen LogP contribution in [0, 0.1) is 0 Å². The first-order chi connectivity index (χ1) is 13.4. The van der Waals surface area contributed by atoms with E-state index in [2.05, 4.69) is 19.9 Å². The Balaban J connectivity index is 1.92. The number of imidazole rings is 1. The van der Waals surface area contributed by atoms with E-state index in [4.69, 9.17) is 5.73 Å². The monoisotopic (exact) mass is 382 g/mol. The molecular weight excluding hydrogens is 369 g/mol. The van der Waals surface area contributed by atoms with Gasteiger partial charge in [-0.2, -0.15) is 13.2 Å². The number of pyridine rings is 1. The summed E-state index contributed by atoms with van der Waals surface area (Å²) in [7, 11) is 0. The van der Waals surface area contributed by atoms with Crippen molar-refractivity contribution in [3.8, 4) is 28.1 Å². The maximum atomic E-state index is 13.7. The summed E-state index contributed by atoms with van der Waals surface area (Å²) in [6, 6.07) is 7.47. The molecule has 4 rings (SSSR count). The highest BCUT2D eigenvalue weighted by atomic mass is 19.4. The van der Waals surface area contributed by atoms with Gasteiger partial charge in [0.2, 0.25) is 5.95 Å². The van der Waals surface area contributed by atoms with E-state index in [1.54, 1.807) is 30.6 Å². The Kier molecular flexibility index (Phi) is 4.26. The van der Waals surface area contributed by atoms with Gasteiger partial charge in [0.1, 0.15) is 0 Å². The van der Waals surface area contributed by atoms with E-state index in [0.717, 1.165) is 6.07 Å². The summed E-state index contributed by atoms with van der Waals surface area (Å²) in [4.78, 5) is 16.0. The Hall–Kier alpha value is -3.75. The maximum Gasteiger partial charge on any atom is 0.418 e. The van der Waals surface area contributed by atoms with Crippen molar-refractivity contribution in [3.63, 3.8) is 0 Å². The van der Waals surface area contributed by atoms with Crippen LogP contribution in [0.2, 0.25) is 0 Å². The summed E-state index contributed by atoms with van der Waals surface area (Å²) in [6.07, 6.45) is 4.20. The number of hydrogen-bond acceptors (Lipinski definition) is 5. The van der Waals surface area contributed by atoms with E-state index < -0.39 is 11.7 Å². The summed E-state index contributed by atoms with van der Waals surface area (Å²) in [5.41, 5.74) is 6.75. The molecular formula is C19H13F3N6. The van der Waals surface area contributed by atoms with Crippen LogP contribution in [0.1, 0.15) is 5.56 Å². The van der Waals surface area contributed by atoms with Gasteiger partial charge in [-0.1, -0.05) is 6.07 Å². The van der Waals surface area contributed by atoms with Crippen molar-refractivity contribution in [2.45, 2.75) is 6.18 Å². The Morgan fingerprint density at radius 3 is 2.39 bits per heavy atom. The molecule has 0 unspecified atom stereocenters. The van der Waals surface area contributed by atoms with Gasteiger partial charge in [-0.3, -0.25) is 4.98 Å². The highest BCUT2D eigenvalue weighted by molar-refractivity contribution is 5.81. The molecule has 3 aromatic heterocycles. The highest BCUT2D eigenvalue weighted by Crippen LogP contribution is 2.38. The number of nitrogens with zero attached hydrogens (tertiary/aromatic N) is 5. The van der Waals surface area contributed by atoms with Gasteiger partial charge in [0, 0.05) is 42.1 Å². The topological polar surface area (TPSA) is 82.5 Å². The molecule has 28 heavy (non-hydrogen) atoms. The molecule has 0 aliphatic heterocycles. The van der Waals surface area contributed by atoms with Gasteiger partial charge in [-0.15, -0.1) is 0 Å². The first-order valence-corrected chi connectivity index (χ1v) is 8.16. The molecule has 0 amide bonds. The van der Waals surface area contributed by atoms with Crippen molar-refractivity contribution >= 4 is 5.95 Å². The molecule has 0 atom stereocenters. The van der Waals surface area contributed by atoms with Crippen molar-refractivity contribution in [1.29, 1.82) is 0 Å². The summed E-state index contributed by atoms with van der Waals surface area (Å²) in [6.45, 7) is 0. The fraction of sp³-hybridized carbons (Fsp3) is 0.0526. The Labute approximate surface area is 157 Å². The number of aromatic nitrogens is 5. The SMILES string of the molecule is Nc1ncc(-c2ccc(-n3ccnc3)c(C(F)(F)F)c2)c(-c2ccncc2)n1. The van der Waals surface area contributed by atoms with Crippen LogP contribution in [-0.2, 0) is 6.18 Å². The highest BCUT2D eigenvalue weighted by Gasteiger charge is 2.34. The number of anilines is 1. The van der Waals surface area contributed by atoms with Gasteiger partial charge in [-0.05, 0) is 29.8 Å². The fourth-order valence-corrected chi connectivity index (χ4v) is 2.89. The summed E-state index contributed by atoms with van der Waals surface area (Å²) >= 11 is 0. The minimum Gasteiger partial charge on any atom is -0.368 e. The van der Waals surface area contributed by atoms with E-state index >= 15 is 0 Å². The van der Waals surface area contributed by atoms with E-state index in [-0.39, 0.29) is 11.6 Å². The van der Waals surface area contributed by atoms with Gasteiger partial charge in [0.15, 0.2) is 0 Å². The lowest BCUT2D eigenvalue weighted by Crippen LogP contribution is -2.10. The van der Waals surface area contributed by atoms with E-state index in [1.807, 2.05) is 0 Å². The molecule has 4 aromatic rings. The summed E-state index contributed by atoms with van der Waals surface area (Å²) in [5, 5.41) is 0. The van der Waals surface area contributed by atoms with Crippen molar-refractivity contribution in [2.75, 3.05) is 5.73 Å². The lowest BCUT2D eigenvalue weighted by molar-refractivity contribution is -0.137. The molecule has 0 bridgehead atoms. The smallest absolute Gasteiger partial charge is 0.368 e.